The Morgan fingerprint density at radius 2 is 2.21 bits per heavy atom. The van der Waals surface area contributed by atoms with E-state index in [0.29, 0.717) is 12.0 Å². The molecule has 0 radical (unpaired) electrons. The Morgan fingerprint density at radius 3 is 2.74 bits per heavy atom. The van der Waals surface area contributed by atoms with Crippen LogP contribution in [0.3, 0.4) is 0 Å². The summed E-state index contributed by atoms with van der Waals surface area (Å²) in [6.45, 7) is 11.0. The molecule has 1 aromatic rings. The molecular weight excluding hydrogens is 236 g/mol. The van der Waals surface area contributed by atoms with Gasteiger partial charge in [-0.25, -0.2) is 4.98 Å². The zero-order valence-corrected chi connectivity index (χ0v) is 12.2. The van der Waals surface area contributed by atoms with Crippen molar-refractivity contribution in [3.05, 3.63) is 24.5 Å². The lowest BCUT2D eigenvalue weighted by Crippen LogP contribution is -2.40. The molecule has 0 bridgehead atoms. The molecule has 4 heteroatoms. The molecule has 0 aliphatic carbocycles. The zero-order chi connectivity index (χ0) is 13.8. The molecule has 19 heavy (non-hydrogen) atoms. The summed E-state index contributed by atoms with van der Waals surface area (Å²) in [5, 5.41) is 0. The molecule has 2 rings (SSSR count). The summed E-state index contributed by atoms with van der Waals surface area (Å²) in [7, 11) is 0. The quantitative estimate of drug-likeness (QED) is 0.828. The zero-order valence-electron chi connectivity index (χ0n) is 12.2. The van der Waals surface area contributed by atoms with E-state index in [-0.39, 0.29) is 0 Å². The molecule has 1 fully saturated rings. The minimum atomic E-state index is 0.307. The molecule has 1 aliphatic heterocycles. The van der Waals surface area contributed by atoms with Crippen LogP contribution in [0.15, 0.2) is 18.9 Å². The average molecular weight is 262 g/mol. The van der Waals surface area contributed by atoms with Crippen molar-refractivity contribution < 1.29 is 0 Å². The van der Waals surface area contributed by atoms with Crippen LogP contribution in [0.1, 0.15) is 32.4 Å². The number of rotatable bonds is 5. The van der Waals surface area contributed by atoms with Gasteiger partial charge in [-0.3, -0.25) is 0 Å². The summed E-state index contributed by atoms with van der Waals surface area (Å²) in [5.41, 5.74) is 7.16. The molecule has 1 aliphatic rings. The fourth-order valence-corrected chi connectivity index (χ4v) is 2.78. The lowest BCUT2D eigenvalue weighted by Gasteiger charge is -2.34. The highest BCUT2D eigenvalue weighted by Crippen LogP contribution is 2.24. The Kier molecular flexibility index (Phi) is 4.64. The van der Waals surface area contributed by atoms with Crippen LogP contribution in [0.5, 0.6) is 0 Å². The third kappa shape index (κ3) is 3.18. The van der Waals surface area contributed by atoms with Crippen molar-refractivity contribution in [2.75, 3.05) is 18.0 Å². The maximum atomic E-state index is 6.00. The Morgan fingerprint density at radius 1 is 1.53 bits per heavy atom. The first-order valence-corrected chi connectivity index (χ1v) is 7.33. The molecule has 1 saturated heterocycles. The molecule has 106 valence electrons. The summed E-state index contributed by atoms with van der Waals surface area (Å²) in [6, 6.07) is 0.307. The lowest BCUT2D eigenvalue weighted by atomic mass is 9.91. The largest absolute Gasteiger partial charge is 0.342 e. The molecule has 0 saturated carbocycles. The van der Waals surface area contributed by atoms with E-state index in [0.717, 1.165) is 37.7 Å². The molecule has 0 amide bonds. The van der Waals surface area contributed by atoms with Gasteiger partial charge in [-0.15, -0.1) is 6.58 Å². The molecule has 1 aromatic heterocycles. The van der Waals surface area contributed by atoms with E-state index >= 15 is 0 Å². The van der Waals surface area contributed by atoms with Crippen molar-refractivity contribution in [3.63, 3.8) is 0 Å². The van der Waals surface area contributed by atoms with Crippen LogP contribution in [0, 0.1) is 5.92 Å². The number of hydrogen-bond donors (Lipinski definition) is 1. The second-order valence-electron chi connectivity index (χ2n) is 5.51. The molecule has 1 atom stereocenters. The summed E-state index contributed by atoms with van der Waals surface area (Å²) in [6.07, 6.45) is 7.39. The van der Waals surface area contributed by atoms with Crippen LogP contribution < -0.4 is 10.6 Å². The monoisotopic (exact) mass is 262 g/mol. The summed E-state index contributed by atoms with van der Waals surface area (Å²) in [4.78, 5) is 7.14. The molecule has 2 heterocycles. The van der Waals surface area contributed by atoms with Gasteiger partial charge in [0.05, 0.1) is 5.69 Å². The highest BCUT2D eigenvalue weighted by Gasteiger charge is 2.24. The second kappa shape index (κ2) is 6.24. The molecular formula is C15H26N4. The van der Waals surface area contributed by atoms with Gasteiger partial charge in [0.15, 0.2) is 0 Å². The molecule has 0 spiro atoms. The Labute approximate surface area is 116 Å². The fraction of sp³-hybridized carbons (Fsp3) is 0.667. The third-order valence-corrected chi connectivity index (χ3v) is 4.06. The predicted molar refractivity (Wildman–Crippen MR) is 80.4 cm³/mol. The van der Waals surface area contributed by atoms with Gasteiger partial charge >= 0.3 is 0 Å². The smallest absolute Gasteiger partial charge is 0.206 e. The summed E-state index contributed by atoms with van der Waals surface area (Å²) in [5.74, 6) is 1.75. The van der Waals surface area contributed by atoms with Crippen molar-refractivity contribution in [1.29, 1.82) is 0 Å². The number of anilines is 1. The van der Waals surface area contributed by atoms with Gasteiger partial charge in [0.2, 0.25) is 5.95 Å². The molecule has 1 unspecified atom stereocenters. The number of hydrogen-bond acceptors (Lipinski definition) is 3. The third-order valence-electron chi connectivity index (χ3n) is 4.06. The Hall–Kier alpha value is -1.29. The lowest BCUT2D eigenvalue weighted by molar-refractivity contribution is 0.351. The van der Waals surface area contributed by atoms with Crippen molar-refractivity contribution in [3.8, 4) is 0 Å². The van der Waals surface area contributed by atoms with Crippen LogP contribution >= 0.6 is 0 Å². The van der Waals surface area contributed by atoms with Crippen LogP contribution in [0.2, 0.25) is 0 Å². The number of imidazole rings is 1. The van der Waals surface area contributed by atoms with E-state index in [4.69, 9.17) is 10.7 Å². The minimum Gasteiger partial charge on any atom is -0.342 e. The van der Waals surface area contributed by atoms with Gasteiger partial charge in [-0.05, 0) is 32.1 Å². The number of allylic oxidation sites excluding steroid dienone is 1. The summed E-state index contributed by atoms with van der Waals surface area (Å²) >= 11 is 0. The van der Waals surface area contributed by atoms with E-state index in [1.165, 1.54) is 12.8 Å². The van der Waals surface area contributed by atoms with E-state index in [1.54, 1.807) is 0 Å². The van der Waals surface area contributed by atoms with E-state index in [1.807, 2.05) is 6.08 Å². The number of nitrogens with zero attached hydrogens (tertiary/aromatic N) is 3. The van der Waals surface area contributed by atoms with Crippen LogP contribution in [0.25, 0.3) is 0 Å². The van der Waals surface area contributed by atoms with E-state index < -0.39 is 0 Å². The van der Waals surface area contributed by atoms with Gasteiger partial charge in [-0.1, -0.05) is 13.0 Å². The molecule has 4 nitrogen and oxygen atoms in total. The van der Waals surface area contributed by atoms with E-state index in [2.05, 4.69) is 36.1 Å². The first-order chi connectivity index (χ1) is 9.15. The standard InChI is InChI=1S/C15H26N4/c1-4-8-19-11-14(5-2)17-15(19)18-9-6-13(7-10-18)12(3)16/h4,11-13H,1,5-10,16H2,2-3H3. The van der Waals surface area contributed by atoms with Gasteiger partial charge < -0.3 is 15.2 Å². The first-order valence-electron chi connectivity index (χ1n) is 7.33. The Bertz CT molecular complexity index is 414. The van der Waals surface area contributed by atoms with Gasteiger partial charge in [0.1, 0.15) is 0 Å². The number of nitrogens with two attached hydrogens (primary N) is 1. The molecule has 2 N–H and O–H groups in total. The SMILES string of the molecule is C=CCn1cc(CC)nc1N1CCC(C(C)N)CC1. The Balaban J connectivity index is 2.09. The first kappa shape index (κ1) is 14.1. The highest BCUT2D eigenvalue weighted by atomic mass is 15.3. The minimum absolute atomic E-state index is 0.307. The topological polar surface area (TPSA) is 47.1 Å². The highest BCUT2D eigenvalue weighted by molar-refractivity contribution is 5.34. The normalized spacial score (nSPS) is 18.6. The number of piperidine rings is 1. The van der Waals surface area contributed by atoms with Gasteiger partial charge in [0, 0.05) is 31.9 Å². The summed E-state index contributed by atoms with van der Waals surface area (Å²) < 4.78 is 2.21. The van der Waals surface area contributed by atoms with E-state index in [9.17, 15) is 0 Å². The number of aryl methyl sites for hydroxylation is 1. The fourth-order valence-electron chi connectivity index (χ4n) is 2.78. The van der Waals surface area contributed by atoms with Gasteiger partial charge in [0.25, 0.3) is 0 Å². The van der Waals surface area contributed by atoms with Crippen molar-refractivity contribution in [2.24, 2.45) is 11.7 Å². The number of aromatic nitrogens is 2. The van der Waals surface area contributed by atoms with Crippen LogP contribution in [0.4, 0.5) is 5.95 Å². The average Bonchev–Trinajstić information content (AvgIpc) is 2.82. The van der Waals surface area contributed by atoms with Crippen LogP contribution in [-0.4, -0.2) is 28.7 Å². The van der Waals surface area contributed by atoms with Crippen molar-refractivity contribution >= 4 is 5.95 Å². The van der Waals surface area contributed by atoms with Gasteiger partial charge in [-0.2, -0.15) is 0 Å². The molecule has 0 aromatic carbocycles. The second-order valence-corrected chi connectivity index (χ2v) is 5.51. The predicted octanol–water partition coefficient (Wildman–Crippen LogP) is 2.20. The maximum Gasteiger partial charge on any atom is 0.206 e. The van der Waals surface area contributed by atoms with Crippen molar-refractivity contribution in [2.45, 2.75) is 45.7 Å². The van der Waals surface area contributed by atoms with Crippen LogP contribution in [-0.2, 0) is 13.0 Å². The van der Waals surface area contributed by atoms with Crippen molar-refractivity contribution in [1.82, 2.24) is 9.55 Å². The maximum absolute atomic E-state index is 6.00.